The Balaban J connectivity index is 1.83. The van der Waals surface area contributed by atoms with Gasteiger partial charge >= 0.3 is 6.18 Å². The van der Waals surface area contributed by atoms with Crippen molar-refractivity contribution in [3.8, 4) is 6.07 Å². The van der Waals surface area contributed by atoms with Gasteiger partial charge in [-0.1, -0.05) is 0 Å². The van der Waals surface area contributed by atoms with E-state index in [1.54, 1.807) is 19.9 Å². The molecule has 0 bridgehead atoms. The Morgan fingerprint density at radius 1 is 1.28 bits per heavy atom. The lowest BCUT2D eigenvalue weighted by Crippen LogP contribution is -2.51. The van der Waals surface area contributed by atoms with Crippen LogP contribution in [0.15, 0.2) is 18.2 Å². The van der Waals surface area contributed by atoms with Crippen LogP contribution in [0, 0.1) is 11.3 Å². The average Bonchev–Trinajstić information content (AvgIpc) is 2.92. The van der Waals surface area contributed by atoms with Crippen molar-refractivity contribution in [1.82, 2.24) is 4.90 Å². The Morgan fingerprint density at radius 3 is 2.50 bits per heavy atom. The molecule has 1 aromatic carbocycles. The highest BCUT2D eigenvalue weighted by molar-refractivity contribution is 7.80. The van der Waals surface area contributed by atoms with Crippen LogP contribution < -0.4 is 4.90 Å². The number of thiocarbonyl (C=S) groups is 1. The van der Waals surface area contributed by atoms with E-state index in [1.807, 2.05) is 4.90 Å². The lowest BCUT2D eigenvalue weighted by atomic mass is 9.89. The van der Waals surface area contributed by atoms with E-state index in [-0.39, 0.29) is 29.6 Å². The standard InChI is InChI=1S/C22H26F3N3O3S/c1-21(2)19(30)27(16-5-4-14(13-26)18(12-16)22(23,24)25)20(32)28(21)15-6-8-17(9-7-15)31-11-3-10-29/h4-5,12,15,17,29H,3,6-11H2,1-2H3. The van der Waals surface area contributed by atoms with Gasteiger partial charge in [-0.2, -0.15) is 18.4 Å². The van der Waals surface area contributed by atoms with Gasteiger partial charge in [-0.05, 0) is 76.4 Å². The smallest absolute Gasteiger partial charge is 0.396 e. The molecule has 0 spiro atoms. The van der Waals surface area contributed by atoms with E-state index in [4.69, 9.17) is 27.3 Å². The molecule has 2 fully saturated rings. The van der Waals surface area contributed by atoms with Crippen molar-refractivity contribution in [2.24, 2.45) is 0 Å². The molecule has 6 nitrogen and oxygen atoms in total. The van der Waals surface area contributed by atoms with E-state index in [0.29, 0.717) is 13.0 Å². The fourth-order valence-corrected chi connectivity index (χ4v) is 5.00. The molecule has 32 heavy (non-hydrogen) atoms. The zero-order valence-corrected chi connectivity index (χ0v) is 18.8. The largest absolute Gasteiger partial charge is 0.417 e. The number of aliphatic hydroxyl groups is 1. The first-order valence-corrected chi connectivity index (χ1v) is 10.9. The maximum atomic E-state index is 13.4. The summed E-state index contributed by atoms with van der Waals surface area (Å²) in [6.07, 6.45) is -1.06. The van der Waals surface area contributed by atoms with Crippen LogP contribution in [0.25, 0.3) is 0 Å². The summed E-state index contributed by atoms with van der Waals surface area (Å²) in [4.78, 5) is 16.2. The van der Waals surface area contributed by atoms with E-state index in [0.717, 1.165) is 42.7 Å². The quantitative estimate of drug-likeness (QED) is 0.501. The van der Waals surface area contributed by atoms with Gasteiger partial charge in [0, 0.05) is 19.3 Å². The van der Waals surface area contributed by atoms with Crippen molar-refractivity contribution < 1.29 is 27.8 Å². The Labute approximate surface area is 190 Å². The molecule has 1 aromatic rings. The molecule has 0 radical (unpaired) electrons. The molecule has 1 amide bonds. The number of aliphatic hydroxyl groups excluding tert-OH is 1. The second-order valence-electron chi connectivity index (χ2n) is 8.57. The number of amides is 1. The number of rotatable bonds is 6. The number of nitrogens with zero attached hydrogens (tertiary/aromatic N) is 3. The Kier molecular flexibility index (Phi) is 7.12. The predicted molar refractivity (Wildman–Crippen MR) is 116 cm³/mol. The topological polar surface area (TPSA) is 76.8 Å². The minimum Gasteiger partial charge on any atom is -0.396 e. The number of hydrogen-bond acceptors (Lipinski definition) is 5. The number of anilines is 1. The molecule has 1 aliphatic heterocycles. The van der Waals surface area contributed by atoms with E-state index in [2.05, 4.69) is 0 Å². The molecule has 1 aliphatic carbocycles. The minimum atomic E-state index is -4.73. The minimum absolute atomic E-state index is 0.00271. The first-order valence-electron chi connectivity index (χ1n) is 10.5. The van der Waals surface area contributed by atoms with Crippen molar-refractivity contribution >= 4 is 28.9 Å². The molecule has 0 aromatic heterocycles. The maximum absolute atomic E-state index is 13.4. The monoisotopic (exact) mass is 469 g/mol. The summed E-state index contributed by atoms with van der Waals surface area (Å²) in [5, 5.41) is 18.1. The SMILES string of the molecule is CC1(C)C(=O)N(c2ccc(C#N)c(C(F)(F)F)c2)C(=S)N1C1CCC(OCCCO)CC1. The van der Waals surface area contributed by atoms with Gasteiger partial charge in [0.1, 0.15) is 5.54 Å². The van der Waals surface area contributed by atoms with Crippen molar-refractivity contribution in [3.63, 3.8) is 0 Å². The second-order valence-corrected chi connectivity index (χ2v) is 8.94. The van der Waals surface area contributed by atoms with E-state index in [9.17, 15) is 18.0 Å². The Morgan fingerprint density at radius 2 is 1.94 bits per heavy atom. The third-order valence-corrected chi connectivity index (χ3v) is 6.46. The highest BCUT2D eigenvalue weighted by Gasteiger charge is 2.52. The average molecular weight is 470 g/mol. The van der Waals surface area contributed by atoms with Crippen molar-refractivity contribution in [1.29, 1.82) is 5.26 Å². The van der Waals surface area contributed by atoms with Gasteiger partial charge in [-0.25, -0.2) is 0 Å². The molecule has 1 N–H and O–H groups in total. The van der Waals surface area contributed by atoms with Crippen LogP contribution in [-0.4, -0.2) is 51.9 Å². The van der Waals surface area contributed by atoms with Gasteiger partial charge in [0.05, 0.1) is 29.0 Å². The number of benzene rings is 1. The number of nitriles is 1. The molecule has 3 rings (SSSR count). The molecule has 0 unspecified atom stereocenters. The number of alkyl halides is 3. The first kappa shape index (κ1) is 24.4. The molecule has 174 valence electrons. The Bertz CT molecular complexity index is 921. The summed E-state index contributed by atoms with van der Waals surface area (Å²) in [5.74, 6) is -0.401. The zero-order valence-electron chi connectivity index (χ0n) is 18.0. The van der Waals surface area contributed by atoms with Gasteiger partial charge < -0.3 is 14.7 Å². The number of carbonyl (C=O) groups is 1. The number of hydrogen-bond donors (Lipinski definition) is 1. The summed E-state index contributed by atoms with van der Waals surface area (Å²) in [6.45, 7) is 4.01. The summed E-state index contributed by atoms with van der Waals surface area (Å²) in [6, 6.07) is 4.72. The summed E-state index contributed by atoms with van der Waals surface area (Å²) >= 11 is 5.59. The van der Waals surface area contributed by atoms with Crippen LogP contribution in [-0.2, 0) is 15.7 Å². The molecule has 1 saturated heterocycles. The molecule has 10 heteroatoms. The summed E-state index contributed by atoms with van der Waals surface area (Å²) in [5.41, 5.74) is -2.61. The number of ether oxygens (including phenoxy) is 1. The van der Waals surface area contributed by atoms with Gasteiger partial charge in [0.15, 0.2) is 5.11 Å². The summed E-state index contributed by atoms with van der Waals surface area (Å²) < 4.78 is 46.1. The second kappa shape index (κ2) is 9.33. The van der Waals surface area contributed by atoms with Gasteiger partial charge in [-0.15, -0.1) is 0 Å². The fraction of sp³-hybridized carbons (Fsp3) is 0.591. The molecule has 0 atom stereocenters. The molecule has 2 aliphatic rings. The van der Waals surface area contributed by atoms with E-state index >= 15 is 0 Å². The fourth-order valence-electron chi connectivity index (χ4n) is 4.44. The molecular formula is C22H26F3N3O3S. The predicted octanol–water partition coefficient (Wildman–Crippen LogP) is 4.00. The molecular weight excluding hydrogens is 443 g/mol. The molecule has 1 heterocycles. The van der Waals surface area contributed by atoms with Crippen LogP contribution in [0.5, 0.6) is 0 Å². The van der Waals surface area contributed by atoms with Crippen LogP contribution in [0.2, 0.25) is 0 Å². The van der Waals surface area contributed by atoms with Crippen LogP contribution in [0.4, 0.5) is 18.9 Å². The first-order chi connectivity index (χ1) is 15.0. The lowest BCUT2D eigenvalue weighted by Gasteiger charge is -2.40. The molecule has 1 saturated carbocycles. The van der Waals surface area contributed by atoms with Crippen LogP contribution in [0.3, 0.4) is 0 Å². The maximum Gasteiger partial charge on any atom is 0.417 e. The van der Waals surface area contributed by atoms with Gasteiger partial charge in [0.25, 0.3) is 5.91 Å². The number of carbonyl (C=O) groups excluding carboxylic acids is 1. The highest BCUT2D eigenvalue weighted by Crippen LogP contribution is 2.40. The van der Waals surface area contributed by atoms with Gasteiger partial charge in [-0.3, -0.25) is 9.69 Å². The van der Waals surface area contributed by atoms with Crippen LogP contribution in [0.1, 0.15) is 57.1 Å². The zero-order chi connectivity index (χ0) is 23.7. The third kappa shape index (κ3) is 4.60. The normalized spacial score (nSPS) is 23.5. The lowest BCUT2D eigenvalue weighted by molar-refractivity contribution is -0.137. The van der Waals surface area contributed by atoms with Crippen molar-refractivity contribution in [2.75, 3.05) is 18.1 Å². The van der Waals surface area contributed by atoms with E-state index in [1.165, 1.54) is 6.07 Å². The Hall–Kier alpha value is -2.22. The highest BCUT2D eigenvalue weighted by atomic mass is 32.1. The van der Waals surface area contributed by atoms with Crippen LogP contribution >= 0.6 is 12.2 Å². The van der Waals surface area contributed by atoms with Gasteiger partial charge in [0.2, 0.25) is 0 Å². The summed E-state index contributed by atoms with van der Waals surface area (Å²) in [7, 11) is 0. The van der Waals surface area contributed by atoms with Crippen molar-refractivity contribution in [3.05, 3.63) is 29.3 Å². The van der Waals surface area contributed by atoms with E-state index < -0.39 is 28.7 Å². The number of halogens is 3. The van der Waals surface area contributed by atoms with Crippen molar-refractivity contribution in [2.45, 2.75) is 69.8 Å². The third-order valence-electron chi connectivity index (χ3n) is 6.08.